The lowest BCUT2D eigenvalue weighted by Gasteiger charge is -2.32. The summed E-state index contributed by atoms with van der Waals surface area (Å²) in [6.45, 7) is 1.68. The second kappa shape index (κ2) is 3.74. The summed E-state index contributed by atoms with van der Waals surface area (Å²) in [6.07, 6.45) is 1.50. The van der Waals surface area contributed by atoms with Gasteiger partial charge in [0.25, 0.3) is 0 Å². The van der Waals surface area contributed by atoms with E-state index in [9.17, 15) is 4.79 Å². The van der Waals surface area contributed by atoms with Gasteiger partial charge in [-0.15, -0.1) is 0 Å². The summed E-state index contributed by atoms with van der Waals surface area (Å²) < 4.78 is 5.16. The highest BCUT2D eigenvalue weighted by Gasteiger charge is 2.49. The molecule has 4 heteroatoms. The first-order valence-electron chi connectivity index (χ1n) is 5.96. The number of benzene rings is 1. The third-order valence-corrected chi connectivity index (χ3v) is 3.78. The molecule has 0 spiro atoms. The second-order valence-electron chi connectivity index (χ2n) is 4.56. The van der Waals surface area contributed by atoms with Crippen molar-refractivity contribution in [2.75, 3.05) is 20.2 Å². The van der Waals surface area contributed by atoms with Crippen LogP contribution in [0.4, 0.5) is 0 Å². The molecule has 2 heterocycles. The van der Waals surface area contributed by atoms with E-state index < -0.39 is 0 Å². The number of nitrogens with zero attached hydrogens (tertiary/aromatic N) is 1. The Kier molecular flexibility index (Phi) is 2.33. The number of rotatable bonds is 2. The lowest BCUT2D eigenvalue weighted by atomic mass is 9.97. The highest BCUT2D eigenvalue weighted by Crippen LogP contribution is 2.39. The first-order chi connectivity index (χ1) is 8.26. The average molecular weight is 232 g/mol. The van der Waals surface area contributed by atoms with Crippen LogP contribution in [0.1, 0.15) is 18.4 Å². The Hall–Kier alpha value is -1.55. The van der Waals surface area contributed by atoms with E-state index in [2.05, 4.69) is 5.32 Å². The Morgan fingerprint density at radius 2 is 2.12 bits per heavy atom. The van der Waals surface area contributed by atoms with Gasteiger partial charge in [0.2, 0.25) is 5.91 Å². The number of hydrogen-bond donors (Lipinski definition) is 1. The van der Waals surface area contributed by atoms with Gasteiger partial charge in [-0.25, -0.2) is 0 Å². The monoisotopic (exact) mass is 232 g/mol. The fourth-order valence-electron chi connectivity index (χ4n) is 2.91. The molecule has 0 aromatic heterocycles. The van der Waals surface area contributed by atoms with Crippen molar-refractivity contribution in [1.29, 1.82) is 0 Å². The largest absolute Gasteiger partial charge is 0.497 e. The second-order valence-corrected chi connectivity index (χ2v) is 4.56. The van der Waals surface area contributed by atoms with E-state index in [0.29, 0.717) is 6.42 Å². The molecule has 1 amide bonds. The van der Waals surface area contributed by atoms with Crippen LogP contribution >= 0.6 is 0 Å². The minimum atomic E-state index is -0.261. The smallest absolute Gasteiger partial charge is 0.224 e. The topological polar surface area (TPSA) is 41.6 Å². The zero-order chi connectivity index (χ0) is 11.9. The Balaban J connectivity index is 1.98. The molecular weight excluding hydrogens is 216 g/mol. The van der Waals surface area contributed by atoms with Crippen molar-refractivity contribution in [2.45, 2.75) is 18.5 Å². The van der Waals surface area contributed by atoms with Crippen LogP contribution in [0.2, 0.25) is 0 Å². The molecule has 1 atom stereocenters. The Labute approximate surface area is 101 Å². The van der Waals surface area contributed by atoms with E-state index in [1.807, 2.05) is 29.2 Å². The SMILES string of the molecule is COc1ccc([C@@]23CCC(=O)N2CCN3)cc1. The normalized spacial score (nSPS) is 27.4. The lowest BCUT2D eigenvalue weighted by Crippen LogP contribution is -2.45. The number of carbonyl (C=O) groups is 1. The number of carbonyl (C=O) groups excluding carboxylic acids is 1. The maximum atomic E-state index is 11.8. The minimum Gasteiger partial charge on any atom is -0.497 e. The molecule has 2 saturated heterocycles. The van der Waals surface area contributed by atoms with Crippen molar-refractivity contribution in [3.05, 3.63) is 29.8 Å². The predicted octanol–water partition coefficient (Wildman–Crippen LogP) is 1.07. The standard InChI is InChI=1S/C13H16N2O2/c1-17-11-4-2-10(3-5-11)13-7-6-12(16)15(13)9-8-14-13/h2-5,14H,6-9H2,1H3/t13-/m1/s1. The number of methoxy groups -OCH3 is 1. The molecule has 1 aromatic carbocycles. The molecule has 1 aromatic rings. The van der Waals surface area contributed by atoms with E-state index in [-0.39, 0.29) is 11.6 Å². The van der Waals surface area contributed by atoms with Gasteiger partial charge in [0, 0.05) is 19.5 Å². The molecule has 2 aliphatic rings. The maximum absolute atomic E-state index is 11.8. The van der Waals surface area contributed by atoms with Crippen molar-refractivity contribution >= 4 is 5.91 Å². The van der Waals surface area contributed by atoms with Crippen molar-refractivity contribution < 1.29 is 9.53 Å². The van der Waals surface area contributed by atoms with E-state index in [4.69, 9.17) is 4.74 Å². The van der Waals surface area contributed by atoms with Crippen LogP contribution in [0.3, 0.4) is 0 Å². The summed E-state index contributed by atoms with van der Waals surface area (Å²) in [6, 6.07) is 7.99. The fourth-order valence-corrected chi connectivity index (χ4v) is 2.91. The fraction of sp³-hybridized carbons (Fsp3) is 0.462. The van der Waals surface area contributed by atoms with Gasteiger partial charge < -0.3 is 9.64 Å². The summed E-state index contributed by atoms with van der Waals surface area (Å²) in [4.78, 5) is 13.8. The predicted molar refractivity (Wildman–Crippen MR) is 63.6 cm³/mol. The molecule has 0 aliphatic carbocycles. The van der Waals surface area contributed by atoms with Crippen molar-refractivity contribution in [2.24, 2.45) is 0 Å². The molecule has 0 unspecified atom stereocenters. The number of amides is 1. The molecule has 17 heavy (non-hydrogen) atoms. The van der Waals surface area contributed by atoms with Gasteiger partial charge in [-0.3, -0.25) is 10.1 Å². The summed E-state index contributed by atoms with van der Waals surface area (Å²) >= 11 is 0. The Morgan fingerprint density at radius 3 is 2.82 bits per heavy atom. The third-order valence-electron chi connectivity index (χ3n) is 3.78. The Morgan fingerprint density at radius 1 is 1.35 bits per heavy atom. The molecule has 90 valence electrons. The molecule has 0 bridgehead atoms. The Bertz CT molecular complexity index is 443. The highest BCUT2D eigenvalue weighted by atomic mass is 16.5. The third kappa shape index (κ3) is 1.44. The molecule has 2 fully saturated rings. The maximum Gasteiger partial charge on any atom is 0.224 e. The summed E-state index contributed by atoms with van der Waals surface area (Å²) in [5.41, 5.74) is 0.894. The first-order valence-corrected chi connectivity index (χ1v) is 5.96. The van der Waals surface area contributed by atoms with Crippen LogP contribution in [0, 0.1) is 0 Å². The van der Waals surface area contributed by atoms with Crippen LogP contribution in [-0.4, -0.2) is 31.0 Å². The van der Waals surface area contributed by atoms with Crippen LogP contribution in [0.25, 0.3) is 0 Å². The van der Waals surface area contributed by atoms with E-state index in [1.165, 1.54) is 0 Å². The van der Waals surface area contributed by atoms with E-state index in [1.54, 1.807) is 7.11 Å². The van der Waals surface area contributed by atoms with Crippen molar-refractivity contribution in [3.8, 4) is 5.75 Å². The zero-order valence-corrected chi connectivity index (χ0v) is 9.90. The molecule has 1 N–H and O–H groups in total. The van der Waals surface area contributed by atoms with E-state index in [0.717, 1.165) is 30.8 Å². The minimum absolute atomic E-state index is 0.255. The van der Waals surface area contributed by atoms with Crippen molar-refractivity contribution in [1.82, 2.24) is 10.2 Å². The van der Waals surface area contributed by atoms with Gasteiger partial charge in [-0.2, -0.15) is 0 Å². The van der Waals surface area contributed by atoms with Crippen molar-refractivity contribution in [3.63, 3.8) is 0 Å². The van der Waals surface area contributed by atoms with Crippen LogP contribution < -0.4 is 10.1 Å². The van der Waals surface area contributed by atoms with Gasteiger partial charge in [0.1, 0.15) is 11.4 Å². The molecule has 0 saturated carbocycles. The zero-order valence-electron chi connectivity index (χ0n) is 9.90. The molecule has 0 radical (unpaired) electrons. The average Bonchev–Trinajstić information content (AvgIpc) is 2.92. The summed E-state index contributed by atoms with van der Waals surface area (Å²) in [7, 11) is 1.66. The first kappa shape index (κ1) is 10.6. The number of fused-ring (bicyclic) bond motifs is 1. The highest BCUT2D eigenvalue weighted by molar-refractivity contribution is 5.80. The molecular formula is C13H16N2O2. The lowest BCUT2D eigenvalue weighted by molar-refractivity contribution is -0.130. The number of ether oxygens (including phenoxy) is 1. The van der Waals surface area contributed by atoms with Gasteiger partial charge in [-0.1, -0.05) is 12.1 Å². The number of hydrogen-bond acceptors (Lipinski definition) is 3. The molecule has 3 rings (SSSR count). The quantitative estimate of drug-likeness (QED) is 0.829. The van der Waals surface area contributed by atoms with Crippen LogP contribution in [0.5, 0.6) is 5.75 Å². The van der Waals surface area contributed by atoms with Gasteiger partial charge in [0.05, 0.1) is 7.11 Å². The molecule has 4 nitrogen and oxygen atoms in total. The number of nitrogens with one attached hydrogen (secondary N) is 1. The molecule has 2 aliphatic heterocycles. The van der Waals surface area contributed by atoms with Crippen LogP contribution in [0.15, 0.2) is 24.3 Å². The van der Waals surface area contributed by atoms with Gasteiger partial charge >= 0.3 is 0 Å². The van der Waals surface area contributed by atoms with E-state index >= 15 is 0 Å². The summed E-state index contributed by atoms with van der Waals surface area (Å²) in [5, 5.41) is 3.48. The van der Waals surface area contributed by atoms with Gasteiger partial charge in [0.15, 0.2) is 0 Å². The van der Waals surface area contributed by atoms with Crippen LogP contribution in [-0.2, 0) is 10.5 Å². The van der Waals surface area contributed by atoms with Gasteiger partial charge in [-0.05, 0) is 24.1 Å². The summed E-state index contributed by atoms with van der Waals surface area (Å²) in [5.74, 6) is 1.10.